The van der Waals surface area contributed by atoms with E-state index >= 15 is 0 Å². The molecule has 0 unspecified atom stereocenters. The predicted molar refractivity (Wildman–Crippen MR) is 124 cm³/mol. The highest BCUT2D eigenvalue weighted by Crippen LogP contribution is 2.28. The summed E-state index contributed by atoms with van der Waals surface area (Å²) in [6.07, 6.45) is 4.36. The van der Waals surface area contributed by atoms with Crippen LogP contribution in [0.4, 0.5) is 11.4 Å². The quantitative estimate of drug-likeness (QED) is 0.625. The van der Waals surface area contributed by atoms with E-state index in [1.165, 1.54) is 43.3 Å². The number of hydrogen-bond donors (Lipinski definition) is 2. The van der Waals surface area contributed by atoms with Crippen LogP contribution in [0.15, 0.2) is 52.3 Å². The minimum absolute atomic E-state index is 0.128. The molecule has 1 aliphatic rings. The van der Waals surface area contributed by atoms with Crippen LogP contribution in [0.2, 0.25) is 0 Å². The van der Waals surface area contributed by atoms with Crippen LogP contribution in [0.5, 0.6) is 0 Å². The Balaban J connectivity index is 1.68. The summed E-state index contributed by atoms with van der Waals surface area (Å²) in [7, 11) is -3.70. The summed E-state index contributed by atoms with van der Waals surface area (Å²) >= 11 is 1.45. The molecule has 0 saturated carbocycles. The average molecular weight is 448 g/mol. The number of nitrogens with one attached hydrogen (secondary N) is 2. The molecule has 1 heterocycles. The molecule has 0 spiro atoms. The van der Waals surface area contributed by atoms with Crippen molar-refractivity contribution in [2.75, 3.05) is 29.6 Å². The first kappa shape index (κ1) is 22.7. The number of thioether (sulfide) groups is 1. The van der Waals surface area contributed by atoms with Gasteiger partial charge in [0, 0.05) is 37.1 Å². The van der Waals surface area contributed by atoms with Gasteiger partial charge in [-0.05, 0) is 60.9 Å². The number of piperidine rings is 1. The molecule has 1 fully saturated rings. The van der Waals surface area contributed by atoms with Crippen LogP contribution >= 0.6 is 11.8 Å². The van der Waals surface area contributed by atoms with Crippen LogP contribution in [0, 0.1) is 5.92 Å². The van der Waals surface area contributed by atoms with Gasteiger partial charge in [0.15, 0.2) is 0 Å². The molecule has 0 aromatic heterocycles. The normalized spacial score (nSPS) is 17.0. The molecule has 30 heavy (non-hydrogen) atoms. The Morgan fingerprint density at radius 3 is 2.57 bits per heavy atom. The molecule has 0 aliphatic carbocycles. The Morgan fingerprint density at radius 2 is 1.93 bits per heavy atom. The number of rotatable bonds is 7. The van der Waals surface area contributed by atoms with Crippen LogP contribution in [0.3, 0.4) is 0 Å². The first-order valence-corrected chi connectivity index (χ1v) is 12.8. The molecule has 0 radical (unpaired) electrons. The topological polar surface area (TPSA) is 78.5 Å². The smallest absolute Gasteiger partial charge is 0.240 e. The van der Waals surface area contributed by atoms with E-state index in [0.29, 0.717) is 11.6 Å². The first-order valence-electron chi connectivity index (χ1n) is 10.1. The lowest BCUT2D eigenvalue weighted by molar-refractivity contribution is -0.114. The third-order valence-corrected chi connectivity index (χ3v) is 7.41. The Hall–Kier alpha value is -2.03. The van der Waals surface area contributed by atoms with E-state index < -0.39 is 10.0 Å². The van der Waals surface area contributed by atoms with E-state index in [0.717, 1.165) is 23.5 Å². The SMILES string of the molecule is CSc1ccc(S(=O)(=O)NCc2ccc(N3CCC[C@@H](C)C3)cc2)cc1NC(C)=O. The molecule has 1 amide bonds. The minimum atomic E-state index is -3.70. The summed E-state index contributed by atoms with van der Waals surface area (Å²) in [4.78, 5) is 14.8. The van der Waals surface area contributed by atoms with Gasteiger partial charge in [-0.15, -0.1) is 11.8 Å². The molecule has 2 N–H and O–H groups in total. The fourth-order valence-electron chi connectivity index (χ4n) is 3.65. The van der Waals surface area contributed by atoms with Crippen LogP contribution in [0.25, 0.3) is 0 Å². The Labute approximate surface area is 183 Å². The van der Waals surface area contributed by atoms with Crippen molar-refractivity contribution in [1.29, 1.82) is 0 Å². The van der Waals surface area contributed by atoms with Crippen LogP contribution in [-0.4, -0.2) is 33.7 Å². The second-order valence-electron chi connectivity index (χ2n) is 7.73. The molecular weight excluding hydrogens is 418 g/mol. The van der Waals surface area contributed by atoms with Crippen LogP contribution < -0.4 is 14.9 Å². The fourth-order valence-corrected chi connectivity index (χ4v) is 5.23. The van der Waals surface area contributed by atoms with Crippen molar-refractivity contribution in [3.05, 3.63) is 48.0 Å². The molecule has 1 saturated heterocycles. The first-order chi connectivity index (χ1) is 14.3. The predicted octanol–water partition coefficient (Wildman–Crippen LogP) is 4.08. The Bertz CT molecular complexity index is 991. The van der Waals surface area contributed by atoms with E-state index in [-0.39, 0.29) is 17.3 Å². The second kappa shape index (κ2) is 9.85. The number of sulfonamides is 1. The van der Waals surface area contributed by atoms with Gasteiger partial charge in [-0.2, -0.15) is 0 Å². The number of hydrogen-bond acceptors (Lipinski definition) is 5. The largest absolute Gasteiger partial charge is 0.371 e. The second-order valence-corrected chi connectivity index (χ2v) is 10.3. The molecule has 162 valence electrons. The maximum atomic E-state index is 12.8. The lowest BCUT2D eigenvalue weighted by Crippen LogP contribution is -2.34. The molecule has 1 aliphatic heterocycles. The summed E-state index contributed by atoms with van der Waals surface area (Å²) in [5, 5.41) is 2.69. The monoisotopic (exact) mass is 447 g/mol. The number of nitrogens with zero attached hydrogens (tertiary/aromatic N) is 1. The van der Waals surface area contributed by atoms with Crippen molar-refractivity contribution < 1.29 is 13.2 Å². The zero-order valence-corrected chi connectivity index (χ0v) is 19.3. The Morgan fingerprint density at radius 1 is 1.20 bits per heavy atom. The number of anilines is 2. The van der Waals surface area contributed by atoms with Gasteiger partial charge in [0.2, 0.25) is 15.9 Å². The number of carbonyl (C=O) groups excluding carboxylic acids is 1. The molecule has 1 atom stereocenters. The van der Waals surface area contributed by atoms with E-state index in [2.05, 4.69) is 34.0 Å². The van der Waals surface area contributed by atoms with Gasteiger partial charge in [0.05, 0.1) is 10.6 Å². The van der Waals surface area contributed by atoms with Crippen LogP contribution in [-0.2, 0) is 21.4 Å². The summed E-state index contributed by atoms with van der Waals surface area (Å²) < 4.78 is 28.2. The Kier molecular flexibility index (Phi) is 7.44. The third kappa shape index (κ3) is 5.77. The highest BCUT2D eigenvalue weighted by atomic mass is 32.2. The fraction of sp³-hybridized carbons (Fsp3) is 0.409. The van der Waals surface area contributed by atoms with Gasteiger partial charge < -0.3 is 10.2 Å². The molecule has 2 aromatic rings. The van der Waals surface area contributed by atoms with Gasteiger partial charge in [-0.3, -0.25) is 4.79 Å². The summed E-state index contributed by atoms with van der Waals surface area (Å²) in [5.74, 6) is 0.459. The summed E-state index contributed by atoms with van der Waals surface area (Å²) in [6, 6.07) is 12.8. The van der Waals surface area contributed by atoms with Crippen molar-refractivity contribution in [1.82, 2.24) is 4.72 Å². The van der Waals surface area contributed by atoms with E-state index in [1.807, 2.05) is 18.4 Å². The number of carbonyl (C=O) groups is 1. The van der Waals surface area contributed by atoms with Gasteiger partial charge in [0.25, 0.3) is 0 Å². The molecule has 2 aromatic carbocycles. The minimum Gasteiger partial charge on any atom is -0.371 e. The molecule has 6 nitrogen and oxygen atoms in total. The maximum Gasteiger partial charge on any atom is 0.240 e. The third-order valence-electron chi connectivity index (χ3n) is 5.22. The van der Waals surface area contributed by atoms with Crippen LogP contribution in [0.1, 0.15) is 32.3 Å². The van der Waals surface area contributed by atoms with Gasteiger partial charge >= 0.3 is 0 Å². The lowest BCUT2D eigenvalue weighted by atomic mass is 9.99. The lowest BCUT2D eigenvalue weighted by Gasteiger charge is -2.32. The van der Waals surface area contributed by atoms with E-state index in [4.69, 9.17) is 0 Å². The zero-order valence-electron chi connectivity index (χ0n) is 17.6. The maximum absolute atomic E-state index is 12.8. The van der Waals surface area contributed by atoms with Crippen molar-refractivity contribution in [2.45, 2.75) is 43.0 Å². The van der Waals surface area contributed by atoms with Crippen molar-refractivity contribution in [2.24, 2.45) is 5.92 Å². The van der Waals surface area contributed by atoms with Gasteiger partial charge in [-0.25, -0.2) is 13.1 Å². The standard InChI is InChI=1S/C22H29N3O3S2/c1-16-5-4-12-25(15-16)19-8-6-18(7-9-19)14-23-30(27,28)20-10-11-22(29-3)21(13-20)24-17(2)26/h6-11,13,16,23H,4-5,12,14-15H2,1-3H3,(H,24,26)/t16-/m1/s1. The van der Waals surface area contributed by atoms with Gasteiger partial charge in [-0.1, -0.05) is 19.1 Å². The van der Waals surface area contributed by atoms with Crippen molar-refractivity contribution in [3.63, 3.8) is 0 Å². The molecular formula is C22H29N3O3S2. The van der Waals surface area contributed by atoms with Crippen molar-refractivity contribution >= 4 is 39.1 Å². The van der Waals surface area contributed by atoms with Gasteiger partial charge in [0.1, 0.15) is 0 Å². The van der Waals surface area contributed by atoms with E-state index in [9.17, 15) is 13.2 Å². The molecule has 8 heteroatoms. The highest BCUT2D eigenvalue weighted by molar-refractivity contribution is 7.98. The van der Waals surface area contributed by atoms with E-state index in [1.54, 1.807) is 12.1 Å². The average Bonchev–Trinajstić information content (AvgIpc) is 2.72. The highest BCUT2D eigenvalue weighted by Gasteiger charge is 2.18. The number of benzene rings is 2. The zero-order chi connectivity index (χ0) is 21.7. The summed E-state index contributed by atoms with van der Waals surface area (Å²) in [6.45, 7) is 6.02. The summed E-state index contributed by atoms with van der Waals surface area (Å²) in [5.41, 5.74) is 2.58. The molecule has 3 rings (SSSR count). The number of amides is 1. The van der Waals surface area contributed by atoms with Crippen molar-refractivity contribution in [3.8, 4) is 0 Å². The molecule has 0 bridgehead atoms.